The Morgan fingerprint density at radius 3 is 2.50 bits per heavy atom. The average Bonchev–Trinajstić information content (AvgIpc) is 2.54. The van der Waals surface area contributed by atoms with E-state index >= 15 is 0 Å². The summed E-state index contributed by atoms with van der Waals surface area (Å²) in [6, 6.07) is 4.56. The maximum atomic E-state index is 13.6. The second-order valence-electron chi connectivity index (χ2n) is 5.23. The van der Waals surface area contributed by atoms with Crippen LogP contribution in [0.3, 0.4) is 0 Å². The molecule has 3 nitrogen and oxygen atoms in total. The molecule has 100 valence electrons. The Kier molecular flexibility index (Phi) is 4.07. The second kappa shape index (κ2) is 5.57. The maximum Gasteiger partial charge on any atom is 0.148 e. The fraction of sp³-hybridized carbons (Fsp3) is 0.571. The minimum Gasteiger partial charge on any atom is -0.399 e. The van der Waals surface area contributed by atoms with Gasteiger partial charge in [0.1, 0.15) is 5.82 Å². The Labute approximate surface area is 107 Å². The molecular formula is C14H21FN2O. The SMILES string of the molecule is Nc1ccc(NCC2(O)CCCCCC2)c(F)c1. The minimum atomic E-state index is -0.704. The lowest BCUT2D eigenvalue weighted by Crippen LogP contribution is -2.36. The van der Waals surface area contributed by atoms with Gasteiger partial charge in [0, 0.05) is 12.2 Å². The van der Waals surface area contributed by atoms with E-state index in [0.29, 0.717) is 17.9 Å². The summed E-state index contributed by atoms with van der Waals surface area (Å²) in [6.45, 7) is 0.397. The van der Waals surface area contributed by atoms with Crippen LogP contribution in [0.4, 0.5) is 15.8 Å². The Morgan fingerprint density at radius 2 is 1.89 bits per heavy atom. The van der Waals surface area contributed by atoms with Crippen LogP contribution in [0.25, 0.3) is 0 Å². The van der Waals surface area contributed by atoms with Crippen LogP contribution in [-0.2, 0) is 0 Å². The Morgan fingerprint density at radius 1 is 1.22 bits per heavy atom. The van der Waals surface area contributed by atoms with E-state index in [2.05, 4.69) is 5.32 Å². The van der Waals surface area contributed by atoms with Crippen LogP contribution in [0.5, 0.6) is 0 Å². The van der Waals surface area contributed by atoms with Gasteiger partial charge in [-0.1, -0.05) is 25.7 Å². The van der Waals surface area contributed by atoms with Crippen molar-refractivity contribution in [1.29, 1.82) is 0 Å². The van der Waals surface area contributed by atoms with Crippen LogP contribution in [0.1, 0.15) is 38.5 Å². The van der Waals surface area contributed by atoms with Gasteiger partial charge in [-0.25, -0.2) is 4.39 Å². The lowest BCUT2D eigenvalue weighted by Gasteiger charge is -2.27. The molecule has 1 saturated carbocycles. The Balaban J connectivity index is 1.97. The number of nitrogens with two attached hydrogens (primary N) is 1. The highest BCUT2D eigenvalue weighted by molar-refractivity contribution is 5.52. The van der Waals surface area contributed by atoms with Crippen molar-refractivity contribution in [2.45, 2.75) is 44.1 Å². The number of anilines is 2. The van der Waals surface area contributed by atoms with Crippen molar-refractivity contribution in [2.75, 3.05) is 17.6 Å². The van der Waals surface area contributed by atoms with Crippen molar-refractivity contribution in [3.63, 3.8) is 0 Å². The molecule has 0 bridgehead atoms. The van der Waals surface area contributed by atoms with Gasteiger partial charge < -0.3 is 16.2 Å². The van der Waals surface area contributed by atoms with Gasteiger partial charge >= 0.3 is 0 Å². The van der Waals surface area contributed by atoms with Crippen LogP contribution < -0.4 is 11.1 Å². The van der Waals surface area contributed by atoms with Crippen molar-refractivity contribution in [3.8, 4) is 0 Å². The number of halogens is 1. The molecule has 1 aromatic rings. The molecule has 0 aliphatic heterocycles. The average molecular weight is 252 g/mol. The third-order valence-corrected chi connectivity index (χ3v) is 3.64. The molecule has 0 radical (unpaired) electrons. The summed E-state index contributed by atoms with van der Waals surface area (Å²) in [4.78, 5) is 0. The fourth-order valence-electron chi connectivity index (χ4n) is 2.50. The number of hydrogen-bond donors (Lipinski definition) is 3. The molecule has 1 aliphatic carbocycles. The third-order valence-electron chi connectivity index (χ3n) is 3.64. The summed E-state index contributed by atoms with van der Waals surface area (Å²) < 4.78 is 13.6. The lowest BCUT2D eigenvalue weighted by atomic mass is 9.94. The van der Waals surface area contributed by atoms with Crippen molar-refractivity contribution in [1.82, 2.24) is 0 Å². The van der Waals surface area contributed by atoms with Crippen molar-refractivity contribution in [3.05, 3.63) is 24.0 Å². The standard InChI is InChI=1S/C14H21FN2O/c15-12-9-11(16)5-6-13(12)17-10-14(18)7-3-1-2-4-8-14/h5-6,9,17-18H,1-4,7-8,10,16H2. The molecule has 1 aliphatic rings. The molecule has 4 N–H and O–H groups in total. The molecule has 2 rings (SSSR count). The third kappa shape index (κ3) is 3.35. The highest BCUT2D eigenvalue weighted by Crippen LogP contribution is 2.28. The number of rotatable bonds is 3. The molecule has 1 fully saturated rings. The van der Waals surface area contributed by atoms with Crippen molar-refractivity contribution in [2.24, 2.45) is 0 Å². The smallest absolute Gasteiger partial charge is 0.148 e. The number of aliphatic hydroxyl groups is 1. The molecule has 1 aromatic carbocycles. The first-order valence-electron chi connectivity index (χ1n) is 6.60. The summed E-state index contributed by atoms with van der Waals surface area (Å²) in [5.41, 5.74) is 5.60. The summed E-state index contributed by atoms with van der Waals surface area (Å²) in [6.07, 6.45) is 6.02. The number of nitrogen functional groups attached to an aromatic ring is 1. The van der Waals surface area contributed by atoms with Crippen molar-refractivity contribution >= 4 is 11.4 Å². The predicted molar refractivity (Wildman–Crippen MR) is 72.0 cm³/mol. The quantitative estimate of drug-likeness (QED) is 0.572. The summed E-state index contributed by atoms with van der Waals surface area (Å²) in [7, 11) is 0. The topological polar surface area (TPSA) is 58.3 Å². The first-order valence-corrected chi connectivity index (χ1v) is 6.60. The normalized spacial score (nSPS) is 19.2. The van der Waals surface area contributed by atoms with Crippen LogP contribution in [-0.4, -0.2) is 17.3 Å². The second-order valence-corrected chi connectivity index (χ2v) is 5.23. The number of nitrogens with one attached hydrogen (secondary N) is 1. The van der Waals surface area contributed by atoms with Crippen LogP contribution in [0.2, 0.25) is 0 Å². The molecule has 4 heteroatoms. The zero-order valence-electron chi connectivity index (χ0n) is 10.6. The van der Waals surface area contributed by atoms with Gasteiger partial charge in [-0.15, -0.1) is 0 Å². The summed E-state index contributed by atoms with van der Waals surface area (Å²) >= 11 is 0. The van der Waals surface area contributed by atoms with Gasteiger partial charge in [0.05, 0.1) is 11.3 Å². The van der Waals surface area contributed by atoms with E-state index in [-0.39, 0.29) is 5.82 Å². The first-order chi connectivity index (χ1) is 8.59. The van der Waals surface area contributed by atoms with E-state index in [1.807, 2.05) is 0 Å². The van der Waals surface area contributed by atoms with Crippen LogP contribution in [0, 0.1) is 5.82 Å². The molecule has 18 heavy (non-hydrogen) atoms. The Hall–Kier alpha value is -1.29. The molecule has 0 heterocycles. The van der Waals surface area contributed by atoms with Gasteiger partial charge in [-0.05, 0) is 31.0 Å². The highest BCUT2D eigenvalue weighted by atomic mass is 19.1. The first kappa shape index (κ1) is 13.1. The maximum absolute atomic E-state index is 13.6. The monoisotopic (exact) mass is 252 g/mol. The molecular weight excluding hydrogens is 231 g/mol. The number of hydrogen-bond acceptors (Lipinski definition) is 3. The van der Waals surface area contributed by atoms with Crippen LogP contribution in [0.15, 0.2) is 18.2 Å². The highest BCUT2D eigenvalue weighted by Gasteiger charge is 2.27. The molecule has 0 aromatic heterocycles. The van der Waals surface area contributed by atoms with Gasteiger partial charge in [0.15, 0.2) is 0 Å². The molecule has 0 atom stereocenters. The van der Waals surface area contributed by atoms with Gasteiger partial charge in [0.2, 0.25) is 0 Å². The van der Waals surface area contributed by atoms with Crippen LogP contribution >= 0.6 is 0 Å². The Bertz CT molecular complexity index is 401. The fourth-order valence-corrected chi connectivity index (χ4v) is 2.50. The van der Waals surface area contributed by atoms with E-state index in [1.54, 1.807) is 12.1 Å². The van der Waals surface area contributed by atoms with E-state index in [9.17, 15) is 9.50 Å². The minimum absolute atomic E-state index is 0.368. The zero-order chi connectivity index (χ0) is 13.0. The molecule has 0 saturated heterocycles. The van der Waals surface area contributed by atoms with Gasteiger partial charge in [0.25, 0.3) is 0 Å². The van der Waals surface area contributed by atoms with Gasteiger partial charge in [-0.2, -0.15) is 0 Å². The van der Waals surface area contributed by atoms with E-state index in [0.717, 1.165) is 25.7 Å². The van der Waals surface area contributed by atoms with Crippen molar-refractivity contribution < 1.29 is 9.50 Å². The largest absolute Gasteiger partial charge is 0.399 e. The summed E-state index contributed by atoms with van der Waals surface area (Å²) in [5, 5.41) is 13.4. The zero-order valence-corrected chi connectivity index (χ0v) is 10.6. The molecule has 0 spiro atoms. The predicted octanol–water partition coefficient (Wildman–Crippen LogP) is 2.91. The van der Waals surface area contributed by atoms with E-state index < -0.39 is 5.60 Å². The van der Waals surface area contributed by atoms with E-state index in [4.69, 9.17) is 5.73 Å². The lowest BCUT2D eigenvalue weighted by molar-refractivity contribution is 0.0381. The number of benzene rings is 1. The molecule has 0 amide bonds. The summed E-state index contributed by atoms with van der Waals surface area (Å²) in [5.74, 6) is -0.368. The van der Waals surface area contributed by atoms with E-state index in [1.165, 1.54) is 18.9 Å². The van der Waals surface area contributed by atoms with Gasteiger partial charge in [-0.3, -0.25) is 0 Å². The molecule has 0 unspecified atom stereocenters.